The maximum absolute atomic E-state index is 12.4. The van der Waals surface area contributed by atoms with Gasteiger partial charge in [0.2, 0.25) is 5.91 Å². The van der Waals surface area contributed by atoms with E-state index in [9.17, 15) is 14.4 Å². The van der Waals surface area contributed by atoms with E-state index >= 15 is 0 Å². The van der Waals surface area contributed by atoms with Crippen LogP contribution in [0.3, 0.4) is 0 Å². The molecule has 0 radical (unpaired) electrons. The molecule has 0 rings (SSSR count). The number of amides is 3. The third-order valence-corrected chi connectivity index (χ3v) is 4.87. The maximum atomic E-state index is 12.4. The van der Waals surface area contributed by atoms with E-state index in [1.165, 1.54) is 0 Å². The standard InChI is InChI=1S/C26H51N3O8/c1-19(12-15-36-24(2,3)4)28-22(31)34-17-20(33-14-10-11-21(27)30)18-35-23(32)29-26(8,9)13-16-37-25(5,6)7/h19-20H,10-18H2,1-9H3,(H2,27,30)(H,28,31)(H,29,32). The van der Waals surface area contributed by atoms with Crippen molar-refractivity contribution in [2.75, 3.05) is 33.0 Å². The van der Waals surface area contributed by atoms with Crippen molar-refractivity contribution in [3.8, 4) is 0 Å². The fourth-order valence-corrected chi connectivity index (χ4v) is 2.82. The predicted octanol–water partition coefficient (Wildman–Crippen LogP) is 3.67. The molecule has 11 nitrogen and oxygen atoms in total. The van der Waals surface area contributed by atoms with Crippen LogP contribution in [0.2, 0.25) is 0 Å². The number of carbonyl (C=O) groups is 3. The van der Waals surface area contributed by atoms with Crippen molar-refractivity contribution in [1.29, 1.82) is 0 Å². The number of nitrogens with one attached hydrogen (secondary N) is 2. The fraction of sp³-hybridized carbons (Fsp3) is 0.885. The van der Waals surface area contributed by atoms with Crippen LogP contribution in [0.4, 0.5) is 9.59 Å². The first-order valence-corrected chi connectivity index (χ1v) is 12.9. The Labute approximate surface area is 222 Å². The van der Waals surface area contributed by atoms with Gasteiger partial charge in [0.05, 0.1) is 11.2 Å². The van der Waals surface area contributed by atoms with E-state index < -0.39 is 29.7 Å². The van der Waals surface area contributed by atoms with Crippen LogP contribution in [0.15, 0.2) is 0 Å². The van der Waals surface area contributed by atoms with E-state index in [1.54, 1.807) is 0 Å². The van der Waals surface area contributed by atoms with Crippen molar-refractivity contribution in [1.82, 2.24) is 10.6 Å². The van der Waals surface area contributed by atoms with Crippen molar-refractivity contribution in [3.63, 3.8) is 0 Å². The van der Waals surface area contributed by atoms with Crippen molar-refractivity contribution in [2.24, 2.45) is 5.73 Å². The molecule has 0 aromatic carbocycles. The van der Waals surface area contributed by atoms with Crippen LogP contribution in [0.25, 0.3) is 0 Å². The average Bonchev–Trinajstić information content (AvgIpc) is 2.69. The summed E-state index contributed by atoms with van der Waals surface area (Å²) in [6, 6.07) is -0.156. The highest BCUT2D eigenvalue weighted by atomic mass is 16.6. The van der Waals surface area contributed by atoms with Gasteiger partial charge in [0.15, 0.2) is 0 Å². The smallest absolute Gasteiger partial charge is 0.407 e. The molecule has 37 heavy (non-hydrogen) atoms. The number of primary amides is 1. The van der Waals surface area contributed by atoms with Gasteiger partial charge in [-0.2, -0.15) is 0 Å². The molecule has 0 aliphatic carbocycles. The molecule has 0 saturated carbocycles. The Hall–Kier alpha value is -2.11. The van der Waals surface area contributed by atoms with Gasteiger partial charge in [-0.25, -0.2) is 9.59 Å². The third kappa shape index (κ3) is 22.8. The Morgan fingerprint density at radius 2 is 1.35 bits per heavy atom. The highest BCUT2D eigenvalue weighted by molar-refractivity contribution is 5.73. The molecule has 218 valence electrons. The van der Waals surface area contributed by atoms with Crippen LogP contribution in [-0.2, 0) is 28.5 Å². The lowest BCUT2D eigenvalue weighted by Gasteiger charge is -2.28. The zero-order valence-corrected chi connectivity index (χ0v) is 24.4. The van der Waals surface area contributed by atoms with E-state index in [4.69, 9.17) is 29.4 Å². The summed E-state index contributed by atoms with van der Waals surface area (Å²) in [6.45, 7) is 18.3. The number of alkyl carbamates (subject to hydrolysis) is 2. The van der Waals surface area contributed by atoms with Gasteiger partial charge >= 0.3 is 12.2 Å². The highest BCUT2D eigenvalue weighted by Gasteiger charge is 2.24. The maximum Gasteiger partial charge on any atom is 0.407 e. The molecule has 2 atom stereocenters. The summed E-state index contributed by atoms with van der Waals surface area (Å²) in [7, 11) is 0. The van der Waals surface area contributed by atoms with Crippen molar-refractivity contribution in [2.45, 2.75) is 117 Å². The predicted molar refractivity (Wildman–Crippen MR) is 141 cm³/mol. The molecular formula is C26H51N3O8. The van der Waals surface area contributed by atoms with Crippen LogP contribution >= 0.6 is 0 Å². The first-order chi connectivity index (χ1) is 16.9. The lowest BCUT2D eigenvalue weighted by molar-refractivity contribution is -0.118. The summed E-state index contributed by atoms with van der Waals surface area (Å²) in [4.78, 5) is 35.5. The van der Waals surface area contributed by atoms with Crippen LogP contribution in [-0.4, -0.2) is 80.0 Å². The average molecular weight is 534 g/mol. The van der Waals surface area contributed by atoms with Crippen molar-refractivity contribution >= 4 is 18.1 Å². The second-order valence-electron chi connectivity index (χ2n) is 11.8. The first-order valence-electron chi connectivity index (χ1n) is 12.9. The van der Waals surface area contributed by atoms with E-state index in [2.05, 4.69) is 10.6 Å². The summed E-state index contributed by atoms with van der Waals surface area (Å²) in [5.74, 6) is -0.437. The zero-order valence-electron chi connectivity index (χ0n) is 24.4. The minimum atomic E-state index is -0.712. The molecule has 0 aromatic heterocycles. The van der Waals surface area contributed by atoms with Gasteiger partial charge in [0.25, 0.3) is 0 Å². The summed E-state index contributed by atoms with van der Waals surface area (Å²) in [5, 5.41) is 5.55. The van der Waals surface area contributed by atoms with Gasteiger partial charge in [0, 0.05) is 37.8 Å². The molecule has 11 heteroatoms. The van der Waals surface area contributed by atoms with Gasteiger partial charge in [-0.15, -0.1) is 0 Å². The Morgan fingerprint density at radius 1 is 0.811 bits per heavy atom. The quantitative estimate of drug-likeness (QED) is 0.240. The molecule has 0 bridgehead atoms. The van der Waals surface area contributed by atoms with E-state index in [-0.39, 0.29) is 43.5 Å². The summed E-state index contributed by atoms with van der Waals surface area (Å²) in [5.41, 5.74) is 4.10. The van der Waals surface area contributed by atoms with Crippen molar-refractivity contribution in [3.05, 3.63) is 0 Å². The SMILES string of the molecule is CC(CCOC(C)(C)C)NC(=O)OCC(COC(=O)NC(C)(C)CCOC(C)(C)C)OCCCC(N)=O. The molecule has 0 saturated heterocycles. The first kappa shape index (κ1) is 34.9. The number of hydrogen-bond donors (Lipinski definition) is 3. The molecule has 4 N–H and O–H groups in total. The minimum Gasteiger partial charge on any atom is -0.447 e. The molecule has 0 fully saturated rings. The Morgan fingerprint density at radius 3 is 1.89 bits per heavy atom. The lowest BCUT2D eigenvalue weighted by atomic mass is 10.0. The number of rotatable bonds is 17. The van der Waals surface area contributed by atoms with Gasteiger partial charge in [-0.3, -0.25) is 4.79 Å². The topological polar surface area (TPSA) is 147 Å². The lowest BCUT2D eigenvalue weighted by Crippen LogP contribution is -2.45. The molecular weight excluding hydrogens is 482 g/mol. The van der Waals surface area contributed by atoms with Crippen molar-refractivity contribution < 1.29 is 38.1 Å². The minimum absolute atomic E-state index is 0.135. The molecule has 0 aromatic rings. The molecule has 0 aliphatic heterocycles. The highest BCUT2D eigenvalue weighted by Crippen LogP contribution is 2.13. The monoisotopic (exact) mass is 533 g/mol. The zero-order chi connectivity index (χ0) is 28.7. The normalized spacial score (nSPS) is 14.0. The number of hydrogen-bond acceptors (Lipinski definition) is 8. The number of nitrogens with two attached hydrogens (primary N) is 1. The van der Waals surface area contributed by atoms with Crippen LogP contribution in [0.5, 0.6) is 0 Å². The number of carbonyl (C=O) groups excluding carboxylic acids is 3. The molecule has 0 spiro atoms. The van der Waals surface area contributed by atoms with Crippen LogP contribution < -0.4 is 16.4 Å². The Bertz CT molecular complexity index is 686. The van der Waals surface area contributed by atoms with Gasteiger partial charge in [-0.1, -0.05) is 0 Å². The summed E-state index contributed by atoms with van der Waals surface area (Å²) >= 11 is 0. The van der Waals surface area contributed by atoms with Gasteiger partial charge in [-0.05, 0) is 81.6 Å². The third-order valence-electron chi connectivity index (χ3n) is 4.87. The molecule has 3 amide bonds. The Kier molecular flexibility index (Phi) is 15.7. The summed E-state index contributed by atoms with van der Waals surface area (Å²) < 4.78 is 27.7. The fourth-order valence-electron chi connectivity index (χ4n) is 2.82. The molecule has 2 unspecified atom stereocenters. The second kappa shape index (κ2) is 16.7. The second-order valence-corrected chi connectivity index (χ2v) is 11.8. The largest absolute Gasteiger partial charge is 0.447 e. The Balaban J connectivity index is 4.65. The number of ether oxygens (including phenoxy) is 5. The van der Waals surface area contributed by atoms with Gasteiger partial charge < -0.3 is 40.1 Å². The van der Waals surface area contributed by atoms with E-state index in [0.717, 1.165) is 0 Å². The van der Waals surface area contributed by atoms with Crippen LogP contribution in [0.1, 0.15) is 88.0 Å². The van der Waals surface area contributed by atoms with Gasteiger partial charge in [0.1, 0.15) is 19.3 Å². The molecule has 0 heterocycles. The summed E-state index contributed by atoms with van der Waals surface area (Å²) in [6.07, 6.45) is -0.170. The van der Waals surface area contributed by atoms with E-state index in [1.807, 2.05) is 62.3 Å². The van der Waals surface area contributed by atoms with Crippen LogP contribution in [0, 0.1) is 0 Å². The van der Waals surface area contributed by atoms with E-state index in [0.29, 0.717) is 32.5 Å². The molecule has 0 aliphatic rings.